The topological polar surface area (TPSA) is 46.5 Å². The molecule has 0 fully saturated rings. The van der Waals surface area contributed by atoms with Crippen LogP contribution in [0.25, 0.3) is 11.1 Å². The van der Waals surface area contributed by atoms with E-state index in [0.717, 1.165) is 11.3 Å². The second-order valence-electron chi connectivity index (χ2n) is 2.78. The highest BCUT2D eigenvalue weighted by atomic mass is 16.5. The van der Waals surface area contributed by atoms with E-state index in [9.17, 15) is 4.79 Å². The Morgan fingerprint density at radius 2 is 1.77 bits per heavy atom. The Kier molecular flexibility index (Phi) is 1.59. The summed E-state index contributed by atoms with van der Waals surface area (Å²) in [5, 5.41) is 8.97. The molecule has 66 valence electrons. The van der Waals surface area contributed by atoms with E-state index in [-0.39, 0.29) is 11.2 Å². The summed E-state index contributed by atoms with van der Waals surface area (Å²) >= 11 is 0. The molecule has 0 heterocycles. The molecule has 0 saturated heterocycles. The highest BCUT2D eigenvalue weighted by Gasteiger charge is 2.22. The molecule has 0 atom stereocenters. The van der Waals surface area contributed by atoms with Crippen LogP contribution in [0.2, 0.25) is 0 Å². The van der Waals surface area contributed by atoms with Crippen LogP contribution in [-0.4, -0.2) is 12.2 Å². The molecule has 3 nitrogen and oxygen atoms in total. The van der Waals surface area contributed by atoms with Crippen LogP contribution in [0.5, 0.6) is 11.5 Å². The fraction of sp³-hybridized carbons (Fsp3) is 0.100. The molecule has 0 radical (unpaired) electrons. The van der Waals surface area contributed by atoms with E-state index in [1.807, 2.05) is 0 Å². The van der Waals surface area contributed by atoms with E-state index in [0.29, 0.717) is 5.56 Å². The molecule has 0 spiro atoms. The zero-order valence-electron chi connectivity index (χ0n) is 7.07. The lowest BCUT2D eigenvalue weighted by Gasteiger charge is -1.98. The molecule has 0 bridgehead atoms. The van der Waals surface area contributed by atoms with Crippen molar-refractivity contribution >= 4 is 0 Å². The number of hydrogen-bond acceptors (Lipinski definition) is 3. The maximum Gasteiger partial charge on any atom is 0.232 e. The first-order valence-corrected chi connectivity index (χ1v) is 3.86. The smallest absolute Gasteiger partial charge is 0.232 e. The minimum atomic E-state index is -0.259. The zero-order chi connectivity index (χ0) is 9.42. The summed E-state index contributed by atoms with van der Waals surface area (Å²) in [4.78, 5) is 10.8. The van der Waals surface area contributed by atoms with Crippen LogP contribution in [0.15, 0.2) is 29.1 Å². The van der Waals surface area contributed by atoms with Crippen LogP contribution in [0.1, 0.15) is 0 Å². The van der Waals surface area contributed by atoms with Crippen molar-refractivity contribution in [1.29, 1.82) is 0 Å². The first-order chi connectivity index (χ1) is 6.24. The molecule has 2 aromatic rings. The third-order valence-corrected chi connectivity index (χ3v) is 2.00. The number of hydrogen-bond donors (Lipinski definition) is 1. The Labute approximate surface area is 74.9 Å². The Morgan fingerprint density at radius 1 is 1.23 bits per heavy atom. The van der Waals surface area contributed by atoms with Gasteiger partial charge in [0.25, 0.3) is 0 Å². The van der Waals surface area contributed by atoms with Gasteiger partial charge in [-0.1, -0.05) is 12.1 Å². The minimum absolute atomic E-state index is 0.120. The summed E-state index contributed by atoms with van der Waals surface area (Å²) in [6.07, 6.45) is 0. The van der Waals surface area contributed by atoms with Crippen molar-refractivity contribution in [3.63, 3.8) is 0 Å². The van der Waals surface area contributed by atoms with Crippen LogP contribution in [0, 0.1) is 0 Å². The molecular weight excluding hydrogens is 168 g/mol. The molecule has 2 rings (SSSR count). The van der Waals surface area contributed by atoms with Crippen LogP contribution < -0.4 is 10.2 Å². The fourth-order valence-electron chi connectivity index (χ4n) is 1.19. The predicted molar refractivity (Wildman–Crippen MR) is 48.7 cm³/mol. The van der Waals surface area contributed by atoms with E-state index >= 15 is 0 Å². The summed E-state index contributed by atoms with van der Waals surface area (Å²) in [7, 11) is 1.58. The largest absolute Gasteiger partial charge is 0.504 e. The van der Waals surface area contributed by atoms with Crippen LogP contribution in [0.4, 0.5) is 0 Å². The second kappa shape index (κ2) is 2.62. The lowest BCUT2D eigenvalue weighted by molar-refractivity contribution is 0.415. The monoisotopic (exact) mass is 176 g/mol. The number of ether oxygens (including phenoxy) is 1. The van der Waals surface area contributed by atoms with E-state index in [1.165, 1.54) is 0 Å². The Bertz CT molecular complexity index is 433. The zero-order valence-corrected chi connectivity index (χ0v) is 7.07. The first kappa shape index (κ1) is 7.86. The van der Waals surface area contributed by atoms with Gasteiger partial charge < -0.3 is 9.84 Å². The van der Waals surface area contributed by atoms with Crippen molar-refractivity contribution < 1.29 is 9.84 Å². The predicted octanol–water partition coefficient (Wildman–Crippen LogP) is 1.30. The second-order valence-corrected chi connectivity index (χ2v) is 2.78. The standard InChI is InChI=1S/C10H8O3/c1-13-7-4-2-6(3-5-7)8-9(11)10(8)12/h2-5,11H,1H3. The quantitative estimate of drug-likeness (QED) is 0.750. The molecule has 3 heteroatoms. The van der Waals surface area contributed by atoms with Gasteiger partial charge in [-0.3, -0.25) is 4.79 Å². The van der Waals surface area contributed by atoms with Gasteiger partial charge in [-0.05, 0) is 17.7 Å². The first-order valence-electron chi connectivity index (χ1n) is 3.86. The number of aromatic hydroxyl groups is 1. The average Bonchev–Trinajstić information content (AvgIpc) is 2.75. The van der Waals surface area contributed by atoms with Crippen molar-refractivity contribution in [3.8, 4) is 22.6 Å². The summed E-state index contributed by atoms with van der Waals surface area (Å²) in [6.45, 7) is 0. The molecule has 0 aliphatic heterocycles. The van der Waals surface area contributed by atoms with E-state index < -0.39 is 0 Å². The van der Waals surface area contributed by atoms with Crippen molar-refractivity contribution in [2.75, 3.05) is 7.11 Å². The third kappa shape index (κ3) is 1.18. The Hall–Kier alpha value is -1.77. The van der Waals surface area contributed by atoms with Gasteiger partial charge in [0.05, 0.1) is 12.7 Å². The average molecular weight is 176 g/mol. The van der Waals surface area contributed by atoms with Crippen molar-refractivity contribution in [2.45, 2.75) is 0 Å². The van der Waals surface area contributed by atoms with E-state index in [1.54, 1.807) is 31.4 Å². The number of methoxy groups -OCH3 is 1. The summed E-state index contributed by atoms with van der Waals surface area (Å²) in [5.41, 5.74) is 0.899. The summed E-state index contributed by atoms with van der Waals surface area (Å²) in [6, 6.07) is 6.99. The van der Waals surface area contributed by atoms with E-state index in [2.05, 4.69) is 0 Å². The summed E-state index contributed by atoms with van der Waals surface area (Å²) in [5.74, 6) is 0.613. The van der Waals surface area contributed by atoms with Gasteiger partial charge in [0.1, 0.15) is 5.75 Å². The molecule has 13 heavy (non-hydrogen) atoms. The Balaban J connectivity index is 2.34. The highest BCUT2D eigenvalue weighted by molar-refractivity contribution is 5.79. The molecule has 0 saturated carbocycles. The Morgan fingerprint density at radius 3 is 2.15 bits per heavy atom. The van der Waals surface area contributed by atoms with Crippen molar-refractivity contribution in [1.82, 2.24) is 0 Å². The SMILES string of the molecule is COc1ccc(-c2c(O)c2=O)cc1. The third-order valence-electron chi connectivity index (χ3n) is 2.00. The van der Waals surface area contributed by atoms with Gasteiger partial charge in [-0.15, -0.1) is 0 Å². The van der Waals surface area contributed by atoms with Gasteiger partial charge in [0.2, 0.25) is 5.43 Å². The van der Waals surface area contributed by atoms with E-state index in [4.69, 9.17) is 9.84 Å². The number of benzene rings is 1. The van der Waals surface area contributed by atoms with Gasteiger partial charge in [-0.25, -0.2) is 0 Å². The maximum atomic E-state index is 10.8. The molecule has 0 aromatic heterocycles. The van der Waals surface area contributed by atoms with Crippen molar-refractivity contribution in [3.05, 3.63) is 34.5 Å². The van der Waals surface area contributed by atoms with Gasteiger partial charge in [0, 0.05) is 0 Å². The maximum absolute atomic E-state index is 10.8. The molecule has 2 aromatic carbocycles. The fourth-order valence-corrected chi connectivity index (χ4v) is 1.19. The van der Waals surface area contributed by atoms with Gasteiger partial charge >= 0.3 is 0 Å². The molecule has 1 N–H and O–H groups in total. The van der Waals surface area contributed by atoms with Crippen LogP contribution in [0.3, 0.4) is 0 Å². The van der Waals surface area contributed by atoms with Crippen LogP contribution >= 0.6 is 0 Å². The normalized spacial score (nSPS) is 10.5. The lowest BCUT2D eigenvalue weighted by atomic mass is 10.2. The lowest BCUT2D eigenvalue weighted by Crippen LogP contribution is -1.82. The van der Waals surface area contributed by atoms with Crippen LogP contribution in [-0.2, 0) is 0 Å². The molecule has 0 unspecified atom stereocenters. The molecule has 0 amide bonds. The van der Waals surface area contributed by atoms with Gasteiger partial charge in [0.15, 0.2) is 5.75 Å². The molecular formula is C10H8O3. The molecule has 0 aliphatic carbocycles. The summed E-state index contributed by atoms with van der Waals surface area (Å²) < 4.78 is 4.96. The molecule has 0 aliphatic rings. The highest BCUT2D eigenvalue weighted by Crippen LogP contribution is 2.31. The van der Waals surface area contributed by atoms with Gasteiger partial charge in [-0.2, -0.15) is 0 Å². The van der Waals surface area contributed by atoms with Crippen molar-refractivity contribution in [2.24, 2.45) is 0 Å². The number of rotatable bonds is 2. The minimum Gasteiger partial charge on any atom is -0.504 e.